The molecule has 1 aliphatic rings. The Kier molecular flexibility index (Phi) is 6.47. The molecule has 0 radical (unpaired) electrons. The fourth-order valence-corrected chi connectivity index (χ4v) is 3.03. The van der Waals surface area contributed by atoms with Gasteiger partial charge in [0.2, 0.25) is 12.2 Å². The molecule has 5 nitrogen and oxygen atoms in total. The maximum atomic E-state index is 12.6. The average molecular weight is 402 g/mol. The number of carbonyl (C=O) groups excluding carboxylic acids is 1. The van der Waals surface area contributed by atoms with Crippen molar-refractivity contribution in [3.8, 4) is 17.2 Å². The molecule has 0 bridgehead atoms. The minimum Gasteiger partial charge on any atom is -0.489 e. The van der Waals surface area contributed by atoms with Gasteiger partial charge in [-0.1, -0.05) is 44.7 Å². The van der Waals surface area contributed by atoms with Crippen LogP contribution in [0, 0.1) is 5.92 Å². The fraction of sp³-hybridized carbons (Fsp3) is 0.318. The lowest BCUT2D eigenvalue weighted by Gasteiger charge is -2.23. The first kappa shape index (κ1) is 20.1. The highest BCUT2D eigenvalue weighted by atomic mass is 35.5. The summed E-state index contributed by atoms with van der Waals surface area (Å²) in [5, 5.41) is 0. The van der Waals surface area contributed by atoms with Crippen molar-refractivity contribution < 1.29 is 19.0 Å². The van der Waals surface area contributed by atoms with Crippen LogP contribution < -0.4 is 19.1 Å². The van der Waals surface area contributed by atoms with E-state index in [2.05, 4.69) is 6.58 Å². The highest BCUT2D eigenvalue weighted by Gasteiger charge is 2.28. The summed E-state index contributed by atoms with van der Waals surface area (Å²) in [4.78, 5) is 14.2. The summed E-state index contributed by atoms with van der Waals surface area (Å²) in [5.74, 6) is 1.88. The number of anilines is 1. The van der Waals surface area contributed by atoms with Crippen LogP contribution in [-0.4, -0.2) is 24.7 Å². The molecule has 1 heterocycles. The molecule has 0 spiro atoms. The number of hydrogen-bond acceptors (Lipinski definition) is 4. The molecular formula is C22H24ClNO4. The highest BCUT2D eigenvalue weighted by Crippen LogP contribution is 2.40. The first-order chi connectivity index (χ1) is 13.5. The number of ether oxygens (including phenoxy) is 3. The highest BCUT2D eigenvalue weighted by molar-refractivity contribution is 6.29. The van der Waals surface area contributed by atoms with Crippen molar-refractivity contribution in [2.45, 2.75) is 26.7 Å². The van der Waals surface area contributed by atoms with Gasteiger partial charge in [0.1, 0.15) is 18.2 Å². The number of fused-ring (bicyclic) bond motifs is 1. The number of halogens is 1. The molecule has 0 aliphatic carbocycles. The van der Waals surface area contributed by atoms with E-state index in [4.69, 9.17) is 25.8 Å². The minimum absolute atomic E-state index is 0.126. The second kappa shape index (κ2) is 9.02. The molecule has 0 aromatic heterocycles. The summed E-state index contributed by atoms with van der Waals surface area (Å²) < 4.78 is 17.4. The number of alkyl halides is 1. The third-order valence-electron chi connectivity index (χ3n) is 4.34. The zero-order chi connectivity index (χ0) is 20.1. The van der Waals surface area contributed by atoms with Crippen LogP contribution in [0.4, 0.5) is 5.69 Å². The number of benzene rings is 2. The van der Waals surface area contributed by atoms with Crippen LogP contribution in [0.3, 0.4) is 0 Å². The standard InChI is InChI=1S/C22H24ClNO4/c1-4-11-26-18-8-6-5-7-16(18)14-24(21(25)13-23)17-9-10-19-20(12-17)28-22(27-19)15(2)3/h4-10,12,15,22H,1,11,13-14H2,2-3H3. The van der Waals surface area contributed by atoms with E-state index < -0.39 is 0 Å². The second-order valence-electron chi connectivity index (χ2n) is 6.80. The van der Waals surface area contributed by atoms with E-state index in [0.29, 0.717) is 36.1 Å². The zero-order valence-electron chi connectivity index (χ0n) is 16.1. The summed E-state index contributed by atoms with van der Waals surface area (Å²) in [5.41, 5.74) is 1.57. The predicted molar refractivity (Wildman–Crippen MR) is 110 cm³/mol. The Labute approximate surface area is 170 Å². The van der Waals surface area contributed by atoms with Gasteiger partial charge >= 0.3 is 0 Å². The number of para-hydroxylation sites is 1. The molecule has 1 aliphatic heterocycles. The van der Waals surface area contributed by atoms with Crippen LogP contribution in [0.1, 0.15) is 19.4 Å². The minimum atomic E-state index is -0.324. The summed E-state index contributed by atoms with van der Waals surface area (Å²) in [7, 11) is 0. The van der Waals surface area contributed by atoms with Gasteiger partial charge < -0.3 is 19.1 Å². The van der Waals surface area contributed by atoms with Gasteiger partial charge in [0.25, 0.3) is 0 Å². The third kappa shape index (κ3) is 4.42. The molecule has 0 saturated heterocycles. The lowest BCUT2D eigenvalue weighted by atomic mass is 10.1. The molecule has 28 heavy (non-hydrogen) atoms. The normalized spacial score (nSPS) is 14.8. The van der Waals surface area contributed by atoms with Gasteiger partial charge in [-0.2, -0.15) is 0 Å². The molecule has 0 saturated carbocycles. The molecule has 6 heteroatoms. The largest absolute Gasteiger partial charge is 0.489 e. The van der Waals surface area contributed by atoms with Gasteiger partial charge in [0.15, 0.2) is 11.5 Å². The Morgan fingerprint density at radius 2 is 2.00 bits per heavy atom. The first-order valence-corrected chi connectivity index (χ1v) is 9.72. The van der Waals surface area contributed by atoms with Crippen molar-refractivity contribution in [3.63, 3.8) is 0 Å². The van der Waals surface area contributed by atoms with Gasteiger partial charge in [-0.05, 0) is 18.2 Å². The van der Waals surface area contributed by atoms with E-state index in [1.54, 1.807) is 11.0 Å². The Morgan fingerprint density at radius 3 is 2.71 bits per heavy atom. The SMILES string of the molecule is C=CCOc1ccccc1CN(C(=O)CCl)c1ccc2c(c1)OC(C(C)C)O2. The van der Waals surface area contributed by atoms with Crippen molar-refractivity contribution in [1.29, 1.82) is 0 Å². The molecule has 3 rings (SSSR count). The Balaban J connectivity index is 1.88. The van der Waals surface area contributed by atoms with E-state index in [-0.39, 0.29) is 24.0 Å². The van der Waals surface area contributed by atoms with Gasteiger partial charge in [-0.15, -0.1) is 11.6 Å². The Morgan fingerprint density at radius 1 is 1.25 bits per heavy atom. The van der Waals surface area contributed by atoms with Crippen LogP contribution in [0.2, 0.25) is 0 Å². The van der Waals surface area contributed by atoms with Crippen LogP contribution >= 0.6 is 11.6 Å². The maximum absolute atomic E-state index is 12.6. The molecule has 0 fully saturated rings. The zero-order valence-corrected chi connectivity index (χ0v) is 16.8. The van der Waals surface area contributed by atoms with Gasteiger partial charge in [-0.3, -0.25) is 4.79 Å². The van der Waals surface area contributed by atoms with E-state index in [9.17, 15) is 4.79 Å². The lowest BCUT2D eigenvalue weighted by molar-refractivity contribution is -0.116. The molecule has 1 unspecified atom stereocenters. The summed E-state index contributed by atoms with van der Waals surface area (Å²) >= 11 is 5.88. The van der Waals surface area contributed by atoms with Crippen LogP contribution in [0.15, 0.2) is 55.1 Å². The van der Waals surface area contributed by atoms with Crippen LogP contribution in [0.25, 0.3) is 0 Å². The molecule has 0 N–H and O–H groups in total. The van der Waals surface area contributed by atoms with Gasteiger partial charge in [-0.25, -0.2) is 0 Å². The van der Waals surface area contributed by atoms with Crippen molar-refractivity contribution >= 4 is 23.2 Å². The van der Waals surface area contributed by atoms with Gasteiger partial charge in [0.05, 0.1) is 6.54 Å². The van der Waals surface area contributed by atoms with Gasteiger partial charge in [0, 0.05) is 23.2 Å². The monoisotopic (exact) mass is 401 g/mol. The Bertz CT molecular complexity index is 852. The van der Waals surface area contributed by atoms with E-state index in [0.717, 1.165) is 5.56 Å². The van der Waals surface area contributed by atoms with Crippen molar-refractivity contribution in [3.05, 3.63) is 60.7 Å². The number of carbonyl (C=O) groups is 1. The smallest absolute Gasteiger partial charge is 0.243 e. The van der Waals surface area contributed by atoms with Crippen molar-refractivity contribution in [2.24, 2.45) is 5.92 Å². The van der Waals surface area contributed by atoms with Crippen LogP contribution in [-0.2, 0) is 11.3 Å². The number of nitrogens with zero attached hydrogens (tertiary/aromatic N) is 1. The molecule has 1 amide bonds. The number of hydrogen-bond donors (Lipinski definition) is 0. The average Bonchev–Trinajstić information content (AvgIpc) is 3.14. The summed E-state index contributed by atoms with van der Waals surface area (Å²) in [6.45, 7) is 8.45. The molecule has 1 atom stereocenters. The van der Waals surface area contributed by atoms with E-state index in [1.165, 1.54) is 0 Å². The molecular weight excluding hydrogens is 378 g/mol. The van der Waals surface area contributed by atoms with Crippen LogP contribution in [0.5, 0.6) is 17.2 Å². The lowest BCUT2D eigenvalue weighted by Crippen LogP contribution is -2.31. The first-order valence-electron chi connectivity index (χ1n) is 9.18. The number of amides is 1. The second-order valence-corrected chi connectivity index (χ2v) is 7.07. The van der Waals surface area contributed by atoms with Crippen molar-refractivity contribution in [1.82, 2.24) is 0 Å². The third-order valence-corrected chi connectivity index (χ3v) is 4.57. The van der Waals surface area contributed by atoms with Crippen molar-refractivity contribution in [2.75, 3.05) is 17.4 Å². The maximum Gasteiger partial charge on any atom is 0.243 e. The Hall–Kier alpha value is -2.66. The van der Waals surface area contributed by atoms with E-state index >= 15 is 0 Å². The topological polar surface area (TPSA) is 48.0 Å². The summed E-state index contributed by atoms with van der Waals surface area (Å²) in [6, 6.07) is 13.1. The molecule has 2 aromatic carbocycles. The quantitative estimate of drug-likeness (QED) is 0.472. The fourth-order valence-electron chi connectivity index (χ4n) is 2.89. The molecule has 2 aromatic rings. The molecule has 148 valence electrons. The number of rotatable bonds is 8. The van der Waals surface area contributed by atoms with E-state index in [1.807, 2.05) is 56.3 Å². The predicted octanol–water partition coefficient (Wildman–Crippen LogP) is 4.78. The summed E-state index contributed by atoms with van der Waals surface area (Å²) in [6.07, 6.45) is 1.36.